The van der Waals surface area contributed by atoms with Crippen molar-refractivity contribution < 1.29 is 18.7 Å². The van der Waals surface area contributed by atoms with Gasteiger partial charge in [-0.1, -0.05) is 24.3 Å². The highest BCUT2D eigenvalue weighted by Gasteiger charge is 2.39. The normalized spacial score (nSPS) is 15.4. The number of halogens is 1. The third-order valence-electron chi connectivity index (χ3n) is 5.56. The number of rotatable bonds is 5. The Morgan fingerprint density at radius 2 is 1.70 bits per heavy atom. The van der Waals surface area contributed by atoms with E-state index in [2.05, 4.69) is 10.3 Å². The molecule has 0 bridgehead atoms. The lowest BCUT2D eigenvalue weighted by Gasteiger charge is -2.39. The number of hydrogen-bond acceptors (Lipinski definition) is 4. The highest BCUT2D eigenvalue weighted by molar-refractivity contribution is 5.95. The van der Waals surface area contributed by atoms with Crippen LogP contribution in [-0.2, 0) is 10.3 Å². The van der Waals surface area contributed by atoms with Gasteiger partial charge in [0.1, 0.15) is 0 Å². The molecule has 1 saturated heterocycles. The number of nitrogens with one attached hydrogen (secondary N) is 1. The molecule has 0 saturated carbocycles. The minimum Gasteiger partial charge on any atom is -0.494 e. The Morgan fingerprint density at radius 3 is 2.37 bits per heavy atom. The molecular formula is C24H23FN2O3. The Hall–Kier alpha value is -3.25. The lowest BCUT2D eigenvalue weighted by atomic mass is 9.81. The van der Waals surface area contributed by atoms with Crippen molar-refractivity contribution in [2.45, 2.75) is 18.4 Å². The number of amides is 1. The number of methoxy groups -OCH3 is 1. The van der Waals surface area contributed by atoms with E-state index in [1.807, 2.05) is 24.3 Å². The van der Waals surface area contributed by atoms with Gasteiger partial charge in [0.05, 0.1) is 12.6 Å². The topological polar surface area (TPSA) is 60.5 Å². The van der Waals surface area contributed by atoms with Crippen LogP contribution in [0.2, 0.25) is 0 Å². The molecular weight excluding hydrogens is 383 g/mol. The van der Waals surface area contributed by atoms with Crippen molar-refractivity contribution in [3.63, 3.8) is 0 Å². The number of carbonyl (C=O) groups is 1. The molecule has 6 heteroatoms. The number of nitrogens with zero attached hydrogens (tertiary/aromatic N) is 1. The van der Waals surface area contributed by atoms with Gasteiger partial charge in [0, 0.05) is 36.7 Å². The summed E-state index contributed by atoms with van der Waals surface area (Å²) < 4.78 is 25.7. The predicted octanol–water partition coefficient (Wildman–Crippen LogP) is 4.33. The second-order valence-electron chi connectivity index (χ2n) is 7.28. The molecule has 1 aliphatic heterocycles. The van der Waals surface area contributed by atoms with Crippen molar-refractivity contribution in [2.75, 3.05) is 20.3 Å². The van der Waals surface area contributed by atoms with Gasteiger partial charge in [-0.25, -0.2) is 4.39 Å². The van der Waals surface area contributed by atoms with E-state index < -0.39 is 11.4 Å². The molecule has 1 fully saturated rings. The zero-order valence-corrected chi connectivity index (χ0v) is 16.7. The number of carbonyl (C=O) groups excluding carboxylic acids is 1. The van der Waals surface area contributed by atoms with Gasteiger partial charge in [0.25, 0.3) is 5.91 Å². The van der Waals surface area contributed by atoms with Gasteiger partial charge < -0.3 is 14.8 Å². The van der Waals surface area contributed by atoms with Crippen LogP contribution in [0, 0.1) is 5.82 Å². The monoisotopic (exact) mass is 406 g/mol. The Morgan fingerprint density at radius 1 is 1.03 bits per heavy atom. The number of aromatic nitrogens is 1. The first kappa shape index (κ1) is 20.0. The molecule has 4 rings (SSSR count). The van der Waals surface area contributed by atoms with E-state index in [0.717, 1.165) is 11.1 Å². The van der Waals surface area contributed by atoms with Crippen LogP contribution in [0.3, 0.4) is 0 Å². The average Bonchev–Trinajstić information content (AvgIpc) is 2.80. The number of ether oxygens (including phenoxy) is 2. The highest BCUT2D eigenvalue weighted by atomic mass is 19.1. The van der Waals surface area contributed by atoms with E-state index in [4.69, 9.17) is 9.47 Å². The Labute approximate surface area is 174 Å². The van der Waals surface area contributed by atoms with E-state index in [0.29, 0.717) is 37.2 Å². The van der Waals surface area contributed by atoms with Crippen LogP contribution in [0.4, 0.5) is 4.39 Å². The minimum atomic E-state index is -0.849. The summed E-state index contributed by atoms with van der Waals surface area (Å²) in [5.41, 5.74) is 2.11. The van der Waals surface area contributed by atoms with Crippen LogP contribution in [0.15, 0.2) is 67.0 Å². The molecule has 1 N–H and O–H groups in total. The maximum absolute atomic E-state index is 15.1. The maximum atomic E-state index is 15.1. The van der Waals surface area contributed by atoms with Crippen LogP contribution in [0.5, 0.6) is 5.75 Å². The van der Waals surface area contributed by atoms with E-state index in [1.54, 1.807) is 42.7 Å². The van der Waals surface area contributed by atoms with Crippen LogP contribution in [0.1, 0.15) is 28.8 Å². The second-order valence-corrected chi connectivity index (χ2v) is 7.28. The van der Waals surface area contributed by atoms with Gasteiger partial charge in [-0.2, -0.15) is 0 Å². The molecule has 1 amide bonds. The third-order valence-corrected chi connectivity index (χ3v) is 5.56. The molecule has 0 aliphatic carbocycles. The molecule has 1 aliphatic rings. The van der Waals surface area contributed by atoms with Crippen molar-refractivity contribution in [1.29, 1.82) is 0 Å². The fourth-order valence-corrected chi connectivity index (χ4v) is 3.87. The van der Waals surface area contributed by atoms with Crippen molar-refractivity contribution in [2.24, 2.45) is 0 Å². The van der Waals surface area contributed by atoms with Crippen molar-refractivity contribution >= 4 is 5.91 Å². The van der Waals surface area contributed by atoms with Gasteiger partial charge in [-0.15, -0.1) is 0 Å². The van der Waals surface area contributed by atoms with E-state index in [9.17, 15) is 4.79 Å². The van der Waals surface area contributed by atoms with Gasteiger partial charge in [0.15, 0.2) is 11.6 Å². The molecule has 3 aromatic rings. The van der Waals surface area contributed by atoms with Gasteiger partial charge in [0.2, 0.25) is 0 Å². The fraction of sp³-hybridized carbons (Fsp3) is 0.250. The summed E-state index contributed by atoms with van der Waals surface area (Å²) in [6.07, 6.45) is 4.43. The zero-order chi connectivity index (χ0) is 21.0. The standard InChI is InChI=1S/C24H23FN2O3/c1-29-21-4-2-3-20(22(21)25)24(11-15-30-16-12-24)27-23(28)19-7-5-17(6-8-19)18-9-13-26-14-10-18/h2-10,13-14H,11-12,15-16H2,1H3,(H,27,28). The lowest BCUT2D eigenvalue weighted by molar-refractivity contribution is 0.0332. The average molecular weight is 406 g/mol. The second kappa shape index (κ2) is 8.63. The van der Waals surface area contributed by atoms with Crippen LogP contribution >= 0.6 is 0 Å². The van der Waals surface area contributed by atoms with Crippen LogP contribution in [0.25, 0.3) is 11.1 Å². The first-order chi connectivity index (χ1) is 14.6. The summed E-state index contributed by atoms with van der Waals surface area (Å²) in [5.74, 6) is -0.537. The van der Waals surface area contributed by atoms with E-state index in [-0.39, 0.29) is 11.7 Å². The highest BCUT2D eigenvalue weighted by Crippen LogP contribution is 2.37. The predicted molar refractivity (Wildman–Crippen MR) is 112 cm³/mol. The summed E-state index contributed by atoms with van der Waals surface area (Å²) in [7, 11) is 1.43. The van der Waals surface area contributed by atoms with Crippen molar-refractivity contribution in [3.8, 4) is 16.9 Å². The molecule has 0 radical (unpaired) electrons. The molecule has 2 aromatic carbocycles. The fourth-order valence-electron chi connectivity index (χ4n) is 3.87. The Balaban J connectivity index is 1.62. The first-order valence-electron chi connectivity index (χ1n) is 9.87. The SMILES string of the molecule is COc1cccc(C2(NC(=O)c3ccc(-c4ccncc4)cc3)CCOCC2)c1F. The molecule has 30 heavy (non-hydrogen) atoms. The van der Waals surface area contributed by atoms with Gasteiger partial charge in [-0.05, 0) is 54.3 Å². The number of pyridine rings is 1. The quantitative estimate of drug-likeness (QED) is 0.685. The smallest absolute Gasteiger partial charge is 0.251 e. The minimum absolute atomic E-state index is 0.161. The van der Waals surface area contributed by atoms with Gasteiger partial charge in [-0.3, -0.25) is 9.78 Å². The number of hydrogen-bond donors (Lipinski definition) is 1. The summed E-state index contributed by atoms with van der Waals surface area (Å²) in [6.45, 7) is 0.885. The summed E-state index contributed by atoms with van der Waals surface area (Å²) >= 11 is 0. The van der Waals surface area contributed by atoms with Crippen molar-refractivity contribution in [3.05, 3.63) is 83.9 Å². The maximum Gasteiger partial charge on any atom is 0.251 e. The summed E-state index contributed by atoms with van der Waals surface area (Å²) in [5, 5.41) is 3.09. The molecule has 1 aromatic heterocycles. The Bertz CT molecular complexity index is 1020. The van der Waals surface area contributed by atoms with Crippen molar-refractivity contribution in [1.82, 2.24) is 10.3 Å². The van der Waals surface area contributed by atoms with E-state index in [1.165, 1.54) is 7.11 Å². The van der Waals surface area contributed by atoms with E-state index >= 15 is 4.39 Å². The summed E-state index contributed by atoms with van der Waals surface area (Å²) in [6, 6.07) is 16.2. The summed E-state index contributed by atoms with van der Waals surface area (Å²) in [4.78, 5) is 17.1. The molecule has 0 atom stereocenters. The zero-order valence-electron chi connectivity index (χ0n) is 16.7. The van der Waals surface area contributed by atoms with Gasteiger partial charge >= 0.3 is 0 Å². The lowest BCUT2D eigenvalue weighted by Crippen LogP contribution is -2.50. The molecule has 2 heterocycles. The molecule has 0 unspecified atom stereocenters. The molecule has 0 spiro atoms. The largest absolute Gasteiger partial charge is 0.494 e. The van der Waals surface area contributed by atoms with Crippen LogP contribution < -0.4 is 10.1 Å². The number of benzene rings is 2. The first-order valence-corrected chi connectivity index (χ1v) is 9.87. The molecule has 5 nitrogen and oxygen atoms in total. The van der Waals surface area contributed by atoms with Crippen LogP contribution in [-0.4, -0.2) is 31.2 Å². The Kier molecular flexibility index (Phi) is 5.77. The third kappa shape index (κ3) is 3.91. The molecule has 154 valence electrons.